The molecule has 0 fully saturated rings. The Morgan fingerprint density at radius 2 is 0.566 bits per heavy atom. The predicted octanol–water partition coefficient (Wildman–Crippen LogP) is 10.9. The van der Waals surface area contributed by atoms with Crippen molar-refractivity contribution in [2.75, 3.05) is 0 Å². The normalized spacial score (nSPS) is 11.8. The van der Waals surface area contributed by atoms with E-state index in [1.54, 1.807) is 0 Å². The fraction of sp³-hybridized carbons (Fsp3) is 0.176. The molecule has 0 spiro atoms. The van der Waals surface area contributed by atoms with Crippen LogP contribution in [-0.4, -0.2) is 16.0 Å². The zero-order valence-electron chi connectivity index (χ0n) is 30.6. The molecule has 0 unspecified atom stereocenters. The topological polar surface area (TPSA) is 15.3 Å². The quantitative estimate of drug-likeness (QED) is 0.102. The van der Waals surface area contributed by atoms with Crippen molar-refractivity contribution < 1.29 is 0 Å². The van der Waals surface area contributed by atoms with Gasteiger partial charge in [-0.05, 0) is 64.6 Å². The molecule has 0 saturated carbocycles. The average molecular weight is 691 g/mol. The van der Waals surface area contributed by atoms with E-state index in [0.717, 1.165) is 45.3 Å². The third-order valence-electron chi connectivity index (χ3n) is 10.8. The number of hydrogen-bond donors (Lipinski definition) is 1. The molecule has 0 aliphatic carbocycles. The standard InChI is InChI=1S/C51H50N2/c1-8-22-43(23-9-1)36-50(37-44-24-10-2-11-25-44,52-40-47-30-16-5-17-31-47)51(38-45-26-12-3-13-27-45,39-46-28-14-4-15-29-46)53(41-48-32-18-6-19-33-48)42-49-34-20-7-21-35-49/h1-35,52H,36-42H2. The highest BCUT2D eigenvalue weighted by molar-refractivity contribution is 5.35. The molecular weight excluding hydrogens is 641 g/mol. The van der Waals surface area contributed by atoms with Crippen LogP contribution >= 0.6 is 0 Å². The first-order valence-electron chi connectivity index (χ1n) is 19.0. The van der Waals surface area contributed by atoms with Gasteiger partial charge >= 0.3 is 0 Å². The molecule has 0 heterocycles. The summed E-state index contributed by atoms with van der Waals surface area (Å²) in [5, 5.41) is 4.44. The Hall–Kier alpha value is -5.54. The molecule has 7 aromatic rings. The monoisotopic (exact) mass is 690 g/mol. The first-order valence-corrected chi connectivity index (χ1v) is 19.0. The van der Waals surface area contributed by atoms with E-state index >= 15 is 0 Å². The van der Waals surface area contributed by atoms with E-state index in [9.17, 15) is 0 Å². The molecule has 7 aromatic carbocycles. The van der Waals surface area contributed by atoms with Crippen LogP contribution < -0.4 is 5.32 Å². The molecule has 0 radical (unpaired) electrons. The van der Waals surface area contributed by atoms with Gasteiger partial charge in [-0.15, -0.1) is 0 Å². The summed E-state index contributed by atoms with van der Waals surface area (Å²) >= 11 is 0. The second-order valence-electron chi connectivity index (χ2n) is 14.4. The van der Waals surface area contributed by atoms with E-state index in [1.165, 1.54) is 38.9 Å². The minimum absolute atomic E-state index is 0.443. The van der Waals surface area contributed by atoms with Crippen LogP contribution in [0.5, 0.6) is 0 Å². The molecule has 0 aliphatic rings. The summed E-state index contributed by atoms with van der Waals surface area (Å²) in [7, 11) is 0. The third kappa shape index (κ3) is 9.28. The Morgan fingerprint density at radius 3 is 0.887 bits per heavy atom. The lowest BCUT2D eigenvalue weighted by atomic mass is 9.62. The zero-order chi connectivity index (χ0) is 36.0. The maximum absolute atomic E-state index is 4.44. The summed E-state index contributed by atoms with van der Waals surface area (Å²) < 4.78 is 0. The first kappa shape index (κ1) is 35.8. The molecular formula is C51H50N2. The van der Waals surface area contributed by atoms with Crippen molar-refractivity contribution in [1.82, 2.24) is 10.2 Å². The second-order valence-corrected chi connectivity index (χ2v) is 14.4. The molecule has 2 nitrogen and oxygen atoms in total. The van der Waals surface area contributed by atoms with Crippen LogP contribution in [0.15, 0.2) is 212 Å². The lowest BCUT2D eigenvalue weighted by Crippen LogP contribution is -2.73. The van der Waals surface area contributed by atoms with Crippen LogP contribution in [0.3, 0.4) is 0 Å². The Morgan fingerprint density at radius 1 is 0.302 bits per heavy atom. The minimum atomic E-state index is -0.458. The van der Waals surface area contributed by atoms with Gasteiger partial charge < -0.3 is 5.32 Å². The van der Waals surface area contributed by atoms with Gasteiger partial charge in [0.25, 0.3) is 0 Å². The van der Waals surface area contributed by atoms with E-state index in [2.05, 4.69) is 223 Å². The lowest BCUT2D eigenvalue weighted by molar-refractivity contribution is -0.0225. The van der Waals surface area contributed by atoms with E-state index < -0.39 is 11.1 Å². The molecule has 1 N–H and O–H groups in total. The summed E-state index contributed by atoms with van der Waals surface area (Å²) in [5.74, 6) is 0. The number of nitrogens with zero attached hydrogens (tertiary/aromatic N) is 1. The highest BCUT2D eigenvalue weighted by Crippen LogP contribution is 2.43. The molecule has 2 heteroatoms. The van der Waals surface area contributed by atoms with Gasteiger partial charge in [0.2, 0.25) is 0 Å². The van der Waals surface area contributed by atoms with Crippen molar-refractivity contribution in [2.45, 2.75) is 56.4 Å². The van der Waals surface area contributed by atoms with Crippen LogP contribution in [0.2, 0.25) is 0 Å². The minimum Gasteiger partial charge on any atom is -0.305 e. The highest BCUT2D eigenvalue weighted by atomic mass is 15.3. The van der Waals surface area contributed by atoms with Crippen LogP contribution in [0.25, 0.3) is 0 Å². The van der Waals surface area contributed by atoms with Crippen molar-refractivity contribution in [3.63, 3.8) is 0 Å². The van der Waals surface area contributed by atoms with Crippen molar-refractivity contribution in [3.8, 4) is 0 Å². The van der Waals surface area contributed by atoms with Crippen LogP contribution in [0, 0.1) is 0 Å². The molecule has 0 saturated heterocycles. The van der Waals surface area contributed by atoms with Gasteiger partial charge in [0, 0.05) is 30.7 Å². The summed E-state index contributed by atoms with van der Waals surface area (Å²) in [6.07, 6.45) is 3.39. The Kier molecular flexibility index (Phi) is 12.0. The van der Waals surface area contributed by atoms with E-state index in [1.807, 2.05) is 0 Å². The highest BCUT2D eigenvalue weighted by Gasteiger charge is 2.54. The van der Waals surface area contributed by atoms with Crippen molar-refractivity contribution in [1.29, 1.82) is 0 Å². The summed E-state index contributed by atoms with van der Waals surface area (Å²) in [4.78, 5) is 2.83. The van der Waals surface area contributed by atoms with Gasteiger partial charge in [-0.3, -0.25) is 4.90 Å². The van der Waals surface area contributed by atoms with Gasteiger partial charge in [-0.25, -0.2) is 0 Å². The maximum Gasteiger partial charge on any atom is 0.0485 e. The zero-order valence-corrected chi connectivity index (χ0v) is 30.6. The Balaban J connectivity index is 1.54. The van der Waals surface area contributed by atoms with Crippen LogP contribution in [-0.2, 0) is 45.3 Å². The van der Waals surface area contributed by atoms with Crippen LogP contribution in [0.1, 0.15) is 38.9 Å². The predicted molar refractivity (Wildman–Crippen MR) is 221 cm³/mol. The van der Waals surface area contributed by atoms with Gasteiger partial charge in [-0.2, -0.15) is 0 Å². The molecule has 7 rings (SSSR count). The molecule has 0 aromatic heterocycles. The van der Waals surface area contributed by atoms with E-state index in [-0.39, 0.29) is 0 Å². The smallest absolute Gasteiger partial charge is 0.0485 e. The summed E-state index contributed by atoms with van der Waals surface area (Å²) in [6.45, 7) is 2.35. The number of rotatable bonds is 17. The first-order chi connectivity index (χ1) is 26.2. The fourth-order valence-corrected chi connectivity index (χ4v) is 8.20. The molecule has 0 aliphatic heterocycles. The fourth-order valence-electron chi connectivity index (χ4n) is 8.20. The molecule has 0 atom stereocenters. The maximum atomic E-state index is 4.44. The van der Waals surface area contributed by atoms with Crippen molar-refractivity contribution >= 4 is 0 Å². The van der Waals surface area contributed by atoms with E-state index in [0.29, 0.717) is 0 Å². The molecule has 264 valence electrons. The summed E-state index contributed by atoms with van der Waals surface area (Å²) in [5.41, 5.74) is 8.33. The molecule has 0 bridgehead atoms. The van der Waals surface area contributed by atoms with Crippen molar-refractivity contribution in [2.24, 2.45) is 0 Å². The Bertz CT molecular complexity index is 1930. The van der Waals surface area contributed by atoms with Gasteiger partial charge in [-0.1, -0.05) is 212 Å². The number of benzene rings is 7. The van der Waals surface area contributed by atoms with Gasteiger partial charge in [0.15, 0.2) is 0 Å². The molecule has 0 amide bonds. The number of hydrogen-bond acceptors (Lipinski definition) is 2. The van der Waals surface area contributed by atoms with Crippen LogP contribution in [0.4, 0.5) is 0 Å². The van der Waals surface area contributed by atoms with Gasteiger partial charge in [0.05, 0.1) is 0 Å². The second kappa shape index (κ2) is 17.8. The average Bonchev–Trinajstić information content (AvgIpc) is 3.22. The largest absolute Gasteiger partial charge is 0.305 e. The number of nitrogens with one attached hydrogen (secondary N) is 1. The summed E-state index contributed by atoms with van der Waals surface area (Å²) in [6, 6.07) is 77.8. The molecule has 53 heavy (non-hydrogen) atoms. The SMILES string of the molecule is c1ccc(CNC(Cc2ccccc2)(Cc2ccccc2)C(Cc2ccccc2)(Cc2ccccc2)N(Cc2ccccc2)Cc2ccccc2)cc1. The lowest BCUT2D eigenvalue weighted by Gasteiger charge is -2.58. The van der Waals surface area contributed by atoms with E-state index in [4.69, 9.17) is 0 Å². The van der Waals surface area contributed by atoms with Gasteiger partial charge in [0.1, 0.15) is 0 Å². The Labute approximate surface area is 316 Å². The third-order valence-corrected chi connectivity index (χ3v) is 10.8. The van der Waals surface area contributed by atoms with Crippen molar-refractivity contribution in [3.05, 3.63) is 251 Å².